The molecular weight excluding hydrogens is 343 g/mol. The molecule has 0 saturated carbocycles. The Morgan fingerprint density at radius 3 is 1.88 bits per heavy atom. The predicted octanol–water partition coefficient (Wildman–Crippen LogP) is 4.61. The van der Waals surface area contributed by atoms with Crippen molar-refractivity contribution in [3.8, 4) is 0 Å². The molecule has 0 fully saturated rings. The van der Waals surface area contributed by atoms with Gasteiger partial charge >= 0.3 is 0 Å². The van der Waals surface area contributed by atoms with E-state index >= 15 is 0 Å². The van der Waals surface area contributed by atoms with Crippen LogP contribution in [0.5, 0.6) is 0 Å². The molecule has 0 aliphatic rings. The van der Waals surface area contributed by atoms with E-state index in [9.17, 15) is 14.3 Å². The monoisotopic (exact) mass is 362 g/mol. The zero-order chi connectivity index (χ0) is 18.4. The third kappa shape index (κ3) is 4.08. The smallest absolute Gasteiger partial charge is 0.244 e. The molecule has 0 bridgehead atoms. The molecule has 0 amide bonds. The molecule has 0 heterocycles. The van der Waals surface area contributed by atoms with E-state index in [0.717, 1.165) is 5.56 Å². The van der Waals surface area contributed by atoms with Gasteiger partial charge in [0.1, 0.15) is 5.66 Å². The summed E-state index contributed by atoms with van der Waals surface area (Å²) in [5.41, 5.74) is 0.260. The second-order valence-electron chi connectivity index (χ2n) is 5.92. The minimum Gasteiger partial charge on any atom is -0.340 e. The second kappa shape index (κ2) is 8.09. The molecule has 2 atom stereocenters. The van der Waals surface area contributed by atoms with Gasteiger partial charge in [-0.2, -0.15) is 0 Å². The molecule has 3 aromatic rings. The Balaban J connectivity index is 2.00. The molecule has 4 heteroatoms. The Hall–Kier alpha value is -2.74. The lowest BCUT2D eigenvalue weighted by atomic mass is 10.1. The fourth-order valence-electron chi connectivity index (χ4n) is 2.80. The van der Waals surface area contributed by atoms with Crippen molar-refractivity contribution in [2.45, 2.75) is 5.66 Å². The standard InChI is InChI=1S/C22H19O3P/c23-21(17-16-18-10-4-1-5-11-18)22(19-12-6-2-7-13-19)26(24,25)20-14-8-3-9-15-20/h1-17,22H,(H,24,25). The molecule has 130 valence electrons. The summed E-state index contributed by atoms with van der Waals surface area (Å²) in [6.07, 6.45) is 3.06. The van der Waals surface area contributed by atoms with Gasteiger partial charge in [0.15, 0.2) is 5.78 Å². The van der Waals surface area contributed by atoms with E-state index < -0.39 is 18.8 Å². The summed E-state index contributed by atoms with van der Waals surface area (Å²) in [4.78, 5) is 23.8. The number of carbonyl (C=O) groups excluding carboxylic acids is 1. The third-order valence-electron chi connectivity index (χ3n) is 4.10. The Kier molecular flexibility index (Phi) is 5.62. The quantitative estimate of drug-likeness (QED) is 0.515. The highest BCUT2D eigenvalue weighted by molar-refractivity contribution is 7.67. The molecular formula is C22H19O3P. The fraction of sp³-hybridized carbons (Fsp3) is 0.0455. The van der Waals surface area contributed by atoms with Gasteiger partial charge in [0.25, 0.3) is 0 Å². The average Bonchev–Trinajstić information content (AvgIpc) is 2.69. The molecule has 0 radical (unpaired) electrons. The van der Waals surface area contributed by atoms with Crippen molar-refractivity contribution in [1.82, 2.24) is 0 Å². The first-order valence-corrected chi connectivity index (χ1v) is 10.0. The number of hydrogen-bond donors (Lipinski definition) is 1. The minimum absolute atomic E-state index is 0.273. The fourth-order valence-corrected chi connectivity index (χ4v) is 4.70. The Morgan fingerprint density at radius 2 is 1.31 bits per heavy atom. The maximum absolute atomic E-state index is 13.3. The van der Waals surface area contributed by atoms with Crippen LogP contribution in [0.15, 0.2) is 97.1 Å². The van der Waals surface area contributed by atoms with Crippen LogP contribution in [0.2, 0.25) is 0 Å². The highest BCUT2D eigenvalue weighted by atomic mass is 31.2. The van der Waals surface area contributed by atoms with Crippen molar-refractivity contribution in [3.63, 3.8) is 0 Å². The van der Waals surface area contributed by atoms with E-state index in [0.29, 0.717) is 5.56 Å². The SMILES string of the molecule is O=C(C=Cc1ccccc1)C(c1ccccc1)P(=O)(O)c1ccccc1. The molecule has 3 aromatic carbocycles. The van der Waals surface area contributed by atoms with Gasteiger partial charge in [-0.25, -0.2) is 0 Å². The number of rotatable bonds is 6. The molecule has 0 aliphatic heterocycles. The number of ketones is 1. The van der Waals surface area contributed by atoms with Crippen LogP contribution < -0.4 is 5.30 Å². The first-order valence-electron chi connectivity index (χ1n) is 8.29. The maximum Gasteiger partial charge on any atom is 0.244 e. The Morgan fingerprint density at radius 1 is 0.808 bits per heavy atom. The van der Waals surface area contributed by atoms with Gasteiger partial charge in [-0.1, -0.05) is 84.9 Å². The summed E-state index contributed by atoms with van der Waals surface area (Å²) in [6, 6.07) is 26.5. The normalized spacial score (nSPS) is 14.7. The lowest BCUT2D eigenvalue weighted by Gasteiger charge is -2.21. The van der Waals surface area contributed by atoms with Crippen LogP contribution in [0, 0.1) is 0 Å². The van der Waals surface area contributed by atoms with Gasteiger partial charge in [-0.15, -0.1) is 0 Å². The van der Waals surface area contributed by atoms with Crippen LogP contribution in [0.25, 0.3) is 6.08 Å². The Bertz CT molecular complexity index is 935. The number of hydrogen-bond acceptors (Lipinski definition) is 2. The van der Waals surface area contributed by atoms with Gasteiger partial charge in [0.2, 0.25) is 7.37 Å². The van der Waals surface area contributed by atoms with Crippen molar-refractivity contribution in [3.05, 3.63) is 108 Å². The summed E-state index contributed by atoms with van der Waals surface area (Å²) < 4.78 is 13.3. The number of carbonyl (C=O) groups is 1. The van der Waals surface area contributed by atoms with Crippen molar-refractivity contribution in [2.75, 3.05) is 0 Å². The van der Waals surface area contributed by atoms with Crippen LogP contribution in [-0.2, 0) is 9.36 Å². The minimum atomic E-state index is -3.96. The summed E-state index contributed by atoms with van der Waals surface area (Å²) in [5, 5.41) is 0.273. The first kappa shape index (κ1) is 18.1. The molecule has 0 aliphatic carbocycles. The molecule has 0 saturated heterocycles. The zero-order valence-electron chi connectivity index (χ0n) is 14.1. The van der Waals surface area contributed by atoms with E-state index in [-0.39, 0.29) is 5.30 Å². The molecule has 0 aromatic heterocycles. The van der Waals surface area contributed by atoms with Crippen LogP contribution >= 0.6 is 7.37 Å². The zero-order valence-corrected chi connectivity index (χ0v) is 15.0. The van der Waals surface area contributed by atoms with Gasteiger partial charge in [-0.05, 0) is 29.3 Å². The summed E-state index contributed by atoms with van der Waals surface area (Å²) >= 11 is 0. The molecule has 0 spiro atoms. The van der Waals surface area contributed by atoms with Crippen LogP contribution in [0.1, 0.15) is 16.8 Å². The number of benzene rings is 3. The third-order valence-corrected chi connectivity index (χ3v) is 6.39. The second-order valence-corrected chi connectivity index (χ2v) is 8.20. The van der Waals surface area contributed by atoms with E-state index in [1.54, 1.807) is 60.7 Å². The van der Waals surface area contributed by atoms with Crippen LogP contribution in [-0.4, -0.2) is 10.7 Å². The van der Waals surface area contributed by atoms with E-state index in [1.165, 1.54) is 6.08 Å². The van der Waals surface area contributed by atoms with Gasteiger partial charge in [-0.3, -0.25) is 9.36 Å². The van der Waals surface area contributed by atoms with Crippen molar-refractivity contribution < 1.29 is 14.3 Å². The maximum atomic E-state index is 13.3. The highest BCUT2D eigenvalue weighted by Crippen LogP contribution is 2.55. The Labute approximate surface area is 153 Å². The van der Waals surface area contributed by atoms with E-state index in [2.05, 4.69) is 0 Å². The highest BCUT2D eigenvalue weighted by Gasteiger charge is 2.38. The van der Waals surface area contributed by atoms with Gasteiger partial charge < -0.3 is 4.89 Å². The van der Waals surface area contributed by atoms with Crippen molar-refractivity contribution in [1.29, 1.82) is 0 Å². The molecule has 1 N–H and O–H groups in total. The molecule has 3 rings (SSSR count). The van der Waals surface area contributed by atoms with E-state index in [4.69, 9.17) is 0 Å². The summed E-state index contributed by atoms with van der Waals surface area (Å²) in [7, 11) is -3.96. The molecule has 3 nitrogen and oxygen atoms in total. The molecule has 26 heavy (non-hydrogen) atoms. The topological polar surface area (TPSA) is 54.4 Å². The lowest BCUT2D eigenvalue weighted by Crippen LogP contribution is -2.17. The largest absolute Gasteiger partial charge is 0.340 e. The predicted molar refractivity (Wildman–Crippen MR) is 106 cm³/mol. The van der Waals surface area contributed by atoms with Crippen molar-refractivity contribution >= 4 is 24.5 Å². The van der Waals surface area contributed by atoms with Crippen LogP contribution in [0.3, 0.4) is 0 Å². The summed E-state index contributed by atoms with van der Waals surface area (Å²) in [6.45, 7) is 0. The first-order chi connectivity index (χ1) is 12.6. The van der Waals surface area contributed by atoms with Gasteiger partial charge in [0.05, 0.1) is 0 Å². The van der Waals surface area contributed by atoms with Crippen molar-refractivity contribution in [2.24, 2.45) is 0 Å². The van der Waals surface area contributed by atoms with Crippen LogP contribution in [0.4, 0.5) is 0 Å². The summed E-state index contributed by atoms with van der Waals surface area (Å²) in [5.74, 6) is -0.394. The lowest BCUT2D eigenvalue weighted by molar-refractivity contribution is -0.114. The number of allylic oxidation sites excluding steroid dienone is 1. The average molecular weight is 362 g/mol. The van der Waals surface area contributed by atoms with Gasteiger partial charge in [0, 0.05) is 5.30 Å². The van der Waals surface area contributed by atoms with E-state index in [1.807, 2.05) is 36.4 Å². The molecule has 2 unspecified atom stereocenters.